The van der Waals surface area contributed by atoms with E-state index in [1.165, 1.54) is 77.7 Å². The summed E-state index contributed by atoms with van der Waals surface area (Å²) in [6.45, 7) is 15.7. The Morgan fingerprint density at radius 2 is 1.50 bits per heavy atom. The highest BCUT2D eigenvalue weighted by molar-refractivity contribution is 4.91. The molecular formula is C21H40N2O. The third-order valence-electron chi connectivity index (χ3n) is 7.02. The van der Waals surface area contributed by atoms with Gasteiger partial charge in [-0.3, -0.25) is 0 Å². The minimum absolute atomic E-state index is 0.399. The summed E-state index contributed by atoms with van der Waals surface area (Å²) in [5, 5.41) is 0. The second kappa shape index (κ2) is 8.05. The maximum atomic E-state index is 5.89. The molecule has 0 bridgehead atoms. The van der Waals surface area contributed by atoms with E-state index < -0.39 is 0 Å². The highest BCUT2D eigenvalue weighted by Gasteiger charge is 2.38. The van der Waals surface area contributed by atoms with Gasteiger partial charge in [-0.25, -0.2) is 0 Å². The van der Waals surface area contributed by atoms with Crippen molar-refractivity contribution in [1.82, 2.24) is 9.80 Å². The topological polar surface area (TPSA) is 15.7 Å². The molecule has 2 aliphatic heterocycles. The van der Waals surface area contributed by atoms with Gasteiger partial charge in [0.2, 0.25) is 0 Å². The molecule has 3 heteroatoms. The van der Waals surface area contributed by atoms with Crippen molar-refractivity contribution < 1.29 is 4.74 Å². The number of hydrogen-bond acceptors (Lipinski definition) is 3. The van der Waals surface area contributed by atoms with Gasteiger partial charge in [0.05, 0.1) is 12.2 Å². The van der Waals surface area contributed by atoms with Crippen molar-refractivity contribution in [2.45, 2.75) is 90.9 Å². The van der Waals surface area contributed by atoms with Crippen LogP contribution in [-0.2, 0) is 4.74 Å². The van der Waals surface area contributed by atoms with Gasteiger partial charge in [0.1, 0.15) is 0 Å². The zero-order valence-corrected chi connectivity index (χ0v) is 16.6. The Bertz CT molecular complexity index is 371. The first-order chi connectivity index (χ1) is 11.5. The molecule has 1 aliphatic carbocycles. The predicted octanol–water partition coefficient (Wildman–Crippen LogP) is 4.17. The van der Waals surface area contributed by atoms with Crippen LogP contribution in [0.1, 0.15) is 72.6 Å². The molecule has 1 saturated carbocycles. The number of nitrogens with zero attached hydrogens (tertiary/aromatic N) is 2. The zero-order chi connectivity index (χ0) is 17.2. The quantitative estimate of drug-likeness (QED) is 0.724. The molecular weight excluding hydrogens is 296 g/mol. The summed E-state index contributed by atoms with van der Waals surface area (Å²) in [7, 11) is 0. The van der Waals surface area contributed by atoms with E-state index in [4.69, 9.17) is 4.74 Å². The average Bonchev–Trinajstić information content (AvgIpc) is 2.51. The van der Waals surface area contributed by atoms with Gasteiger partial charge < -0.3 is 14.5 Å². The minimum Gasteiger partial charge on any atom is -0.376 e. The van der Waals surface area contributed by atoms with E-state index in [1.807, 2.05) is 0 Å². The molecule has 0 amide bonds. The molecule has 0 atom stereocenters. The zero-order valence-electron chi connectivity index (χ0n) is 16.6. The van der Waals surface area contributed by atoms with Crippen LogP contribution in [0.15, 0.2) is 0 Å². The summed E-state index contributed by atoms with van der Waals surface area (Å²) in [5.41, 5.74) is 0.689. The number of piperidine rings is 2. The van der Waals surface area contributed by atoms with Gasteiger partial charge in [0.15, 0.2) is 0 Å². The van der Waals surface area contributed by atoms with E-state index in [1.54, 1.807) is 0 Å². The van der Waals surface area contributed by atoms with Gasteiger partial charge in [-0.1, -0.05) is 0 Å². The smallest absolute Gasteiger partial charge is 0.0584 e. The van der Waals surface area contributed by atoms with Crippen LogP contribution in [0.3, 0.4) is 0 Å². The molecule has 3 rings (SSSR count). The fourth-order valence-corrected chi connectivity index (χ4v) is 5.04. The average molecular weight is 337 g/mol. The first-order valence-electron chi connectivity index (χ1n) is 10.6. The molecule has 0 aromatic carbocycles. The van der Waals surface area contributed by atoms with Crippen molar-refractivity contribution in [3.05, 3.63) is 0 Å². The van der Waals surface area contributed by atoms with E-state index in [0.29, 0.717) is 17.6 Å². The lowest BCUT2D eigenvalue weighted by Crippen LogP contribution is -2.48. The molecule has 3 fully saturated rings. The summed E-state index contributed by atoms with van der Waals surface area (Å²) in [5.74, 6) is 0.930. The highest BCUT2D eigenvalue weighted by Crippen LogP contribution is 2.42. The predicted molar refractivity (Wildman–Crippen MR) is 101 cm³/mol. The van der Waals surface area contributed by atoms with Crippen molar-refractivity contribution in [1.29, 1.82) is 0 Å². The Kier molecular flexibility index (Phi) is 6.26. The summed E-state index contributed by atoms with van der Waals surface area (Å²) < 4.78 is 5.89. The molecule has 24 heavy (non-hydrogen) atoms. The van der Waals surface area contributed by atoms with Crippen molar-refractivity contribution in [3.63, 3.8) is 0 Å². The van der Waals surface area contributed by atoms with E-state index in [9.17, 15) is 0 Å². The van der Waals surface area contributed by atoms with Crippen molar-refractivity contribution in [2.24, 2.45) is 11.3 Å². The van der Waals surface area contributed by atoms with Gasteiger partial charge in [-0.05, 0) is 117 Å². The maximum Gasteiger partial charge on any atom is 0.0584 e. The minimum atomic E-state index is 0.399. The van der Waals surface area contributed by atoms with E-state index in [0.717, 1.165) is 12.0 Å². The Morgan fingerprint density at radius 3 is 2.04 bits per heavy atom. The molecule has 1 spiro atoms. The number of likely N-dealkylation sites (tertiary alicyclic amines) is 2. The fraction of sp³-hybridized carbons (Fsp3) is 1.00. The van der Waals surface area contributed by atoms with Crippen LogP contribution < -0.4 is 0 Å². The lowest BCUT2D eigenvalue weighted by Gasteiger charge is -2.48. The third kappa shape index (κ3) is 4.74. The van der Waals surface area contributed by atoms with Crippen LogP contribution >= 0.6 is 0 Å². The van der Waals surface area contributed by atoms with E-state index in [2.05, 4.69) is 37.5 Å². The SMILES string of the molecule is CC(C)OC1CC(CCN2CCC3(CC2)CCN(C(C)C)CC3)C1. The van der Waals surface area contributed by atoms with Crippen LogP contribution in [-0.4, -0.2) is 60.8 Å². The van der Waals surface area contributed by atoms with E-state index >= 15 is 0 Å². The summed E-state index contributed by atoms with van der Waals surface area (Å²) in [6, 6.07) is 0.730. The fourth-order valence-electron chi connectivity index (χ4n) is 5.04. The third-order valence-corrected chi connectivity index (χ3v) is 7.02. The first kappa shape index (κ1) is 18.7. The summed E-state index contributed by atoms with van der Waals surface area (Å²) in [6.07, 6.45) is 10.7. The van der Waals surface area contributed by atoms with Crippen molar-refractivity contribution in [3.8, 4) is 0 Å². The Morgan fingerprint density at radius 1 is 0.917 bits per heavy atom. The largest absolute Gasteiger partial charge is 0.376 e. The molecule has 0 unspecified atom stereocenters. The lowest BCUT2D eigenvalue weighted by atomic mass is 9.71. The standard InChI is InChI=1S/C21H40N2O/c1-17(2)23-13-8-21(9-14-23)6-11-22(12-7-21)10-5-19-15-20(16-19)24-18(3)4/h17-20H,5-16H2,1-4H3. The molecule has 0 aromatic rings. The summed E-state index contributed by atoms with van der Waals surface area (Å²) >= 11 is 0. The van der Waals surface area contributed by atoms with Crippen LogP contribution in [0, 0.1) is 11.3 Å². The Balaban J connectivity index is 1.31. The molecule has 0 aromatic heterocycles. The number of ether oxygens (including phenoxy) is 1. The molecule has 0 N–H and O–H groups in total. The van der Waals surface area contributed by atoms with E-state index in [-0.39, 0.29) is 0 Å². The molecule has 0 radical (unpaired) electrons. The van der Waals surface area contributed by atoms with Crippen molar-refractivity contribution in [2.75, 3.05) is 32.7 Å². The van der Waals surface area contributed by atoms with Crippen LogP contribution in [0.5, 0.6) is 0 Å². The van der Waals surface area contributed by atoms with Crippen LogP contribution in [0.4, 0.5) is 0 Å². The van der Waals surface area contributed by atoms with Crippen molar-refractivity contribution >= 4 is 0 Å². The number of rotatable bonds is 6. The van der Waals surface area contributed by atoms with Gasteiger partial charge in [-0.2, -0.15) is 0 Å². The monoisotopic (exact) mass is 336 g/mol. The van der Waals surface area contributed by atoms with Gasteiger partial charge in [-0.15, -0.1) is 0 Å². The normalized spacial score (nSPS) is 31.8. The Hall–Kier alpha value is -0.120. The molecule has 2 heterocycles. The maximum absolute atomic E-state index is 5.89. The van der Waals surface area contributed by atoms with Gasteiger partial charge in [0, 0.05) is 6.04 Å². The second-order valence-electron chi connectivity index (χ2n) is 9.40. The molecule has 3 aliphatic rings. The van der Waals surface area contributed by atoms with Gasteiger partial charge in [0.25, 0.3) is 0 Å². The second-order valence-corrected chi connectivity index (χ2v) is 9.40. The molecule has 140 valence electrons. The van der Waals surface area contributed by atoms with Crippen LogP contribution in [0.2, 0.25) is 0 Å². The molecule has 3 nitrogen and oxygen atoms in total. The lowest BCUT2D eigenvalue weighted by molar-refractivity contribution is -0.0657. The molecule has 2 saturated heterocycles. The summed E-state index contributed by atoms with van der Waals surface area (Å²) in [4.78, 5) is 5.42. The number of hydrogen-bond donors (Lipinski definition) is 0. The first-order valence-corrected chi connectivity index (χ1v) is 10.6. The Labute approximate surface area is 150 Å². The van der Waals surface area contributed by atoms with Gasteiger partial charge >= 0.3 is 0 Å². The van der Waals surface area contributed by atoms with Crippen LogP contribution in [0.25, 0.3) is 0 Å². The highest BCUT2D eigenvalue weighted by atomic mass is 16.5.